The van der Waals surface area contributed by atoms with Crippen molar-refractivity contribution in [3.8, 4) is 11.4 Å². The molecule has 3 aromatic rings. The first kappa shape index (κ1) is 11.8. The smallest absolute Gasteiger partial charge is 0.257 e. The second kappa shape index (κ2) is 4.75. The van der Waals surface area contributed by atoms with Crippen LogP contribution < -0.4 is 5.73 Å². The number of aliphatic hydroxyl groups is 1. The molecule has 0 saturated carbocycles. The molecule has 1 aromatic carbocycles. The van der Waals surface area contributed by atoms with Gasteiger partial charge in [-0.3, -0.25) is 4.98 Å². The number of nitrogens with two attached hydrogens (primary N) is 1. The van der Waals surface area contributed by atoms with E-state index in [0.717, 1.165) is 16.5 Å². The Morgan fingerprint density at radius 2 is 2.21 bits per heavy atom. The second-order valence-electron chi connectivity index (χ2n) is 4.12. The highest BCUT2D eigenvalue weighted by atomic mass is 16.5. The van der Waals surface area contributed by atoms with E-state index in [9.17, 15) is 5.11 Å². The van der Waals surface area contributed by atoms with Crippen molar-refractivity contribution in [1.82, 2.24) is 15.1 Å². The Hall–Kier alpha value is -2.31. The third-order valence-electron chi connectivity index (χ3n) is 2.81. The van der Waals surface area contributed by atoms with E-state index in [4.69, 9.17) is 10.3 Å². The highest BCUT2D eigenvalue weighted by molar-refractivity contribution is 5.82. The number of aliphatic hydroxyl groups excluding tert-OH is 1. The number of nitrogens with zero attached hydrogens (tertiary/aromatic N) is 3. The molecule has 1 unspecified atom stereocenters. The summed E-state index contributed by atoms with van der Waals surface area (Å²) >= 11 is 0. The summed E-state index contributed by atoms with van der Waals surface area (Å²) in [6.45, 7) is 0.0449. The lowest BCUT2D eigenvalue weighted by molar-refractivity contribution is 0.141. The van der Waals surface area contributed by atoms with Gasteiger partial charge in [-0.05, 0) is 24.3 Å². The largest absolute Gasteiger partial charge is 0.382 e. The summed E-state index contributed by atoms with van der Waals surface area (Å²) in [5.74, 6) is 0.553. The summed E-state index contributed by atoms with van der Waals surface area (Å²) in [5, 5.41) is 14.4. The summed E-state index contributed by atoms with van der Waals surface area (Å²) in [4.78, 5) is 8.37. The van der Waals surface area contributed by atoms with E-state index in [1.165, 1.54) is 0 Å². The van der Waals surface area contributed by atoms with Gasteiger partial charge >= 0.3 is 0 Å². The SMILES string of the molecule is NCC(O)c1nc(-c2ccc3ncccc3c2)no1. The van der Waals surface area contributed by atoms with Crippen molar-refractivity contribution in [2.75, 3.05) is 6.54 Å². The Labute approximate surface area is 108 Å². The standard InChI is InChI=1S/C13H12N4O2/c14-7-11(18)13-16-12(17-19-13)9-3-4-10-8(6-9)2-1-5-15-10/h1-6,11,18H,7,14H2. The third-order valence-corrected chi connectivity index (χ3v) is 2.81. The van der Waals surface area contributed by atoms with Gasteiger partial charge in [-0.25, -0.2) is 0 Å². The lowest BCUT2D eigenvalue weighted by atomic mass is 10.1. The van der Waals surface area contributed by atoms with Crippen molar-refractivity contribution in [2.45, 2.75) is 6.10 Å². The fraction of sp³-hybridized carbons (Fsp3) is 0.154. The Morgan fingerprint density at radius 3 is 3.05 bits per heavy atom. The zero-order valence-corrected chi connectivity index (χ0v) is 10.0. The van der Waals surface area contributed by atoms with Crippen LogP contribution in [0.15, 0.2) is 41.1 Å². The van der Waals surface area contributed by atoms with Gasteiger partial charge in [0.05, 0.1) is 5.52 Å². The van der Waals surface area contributed by atoms with E-state index >= 15 is 0 Å². The van der Waals surface area contributed by atoms with Crippen molar-refractivity contribution < 1.29 is 9.63 Å². The van der Waals surface area contributed by atoms with Crippen molar-refractivity contribution in [3.63, 3.8) is 0 Å². The van der Waals surface area contributed by atoms with E-state index in [-0.39, 0.29) is 12.4 Å². The summed E-state index contributed by atoms with van der Waals surface area (Å²) < 4.78 is 4.98. The Bertz CT molecular complexity index is 710. The third kappa shape index (κ3) is 2.18. The van der Waals surface area contributed by atoms with E-state index in [1.54, 1.807) is 6.20 Å². The van der Waals surface area contributed by atoms with Crippen molar-refractivity contribution in [2.24, 2.45) is 5.73 Å². The molecule has 1 atom stereocenters. The highest BCUT2D eigenvalue weighted by Gasteiger charge is 2.15. The maximum absolute atomic E-state index is 9.53. The first-order chi connectivity index (χ1) is 9.28. The molecular formula is C13H12N4O2. The van der Waals surface area contributed by atoms with Gasteiger partial charge in [0.1, 0.15) is 6.10 Å². The number of rotatable bonds is 3. The number of hydrogen-bond acceptors (Lipinski definition) is 6. The molecule has 0 bridgehead atoms. The maximum atomic E-state index is 9.53. The maximum Gasteiger partial charge on any atom is 0.257 e. The number of pyridine rings is 1. The topological polar surface area (TPSA) is 98.1 Å². The van der Waals surface area contributed by atoms with E-state index in [2.05, 4.69) is 15.1 Å². The molecule has 0 saturated heterocycles. The molecule has 0 radical (unpaired) electrons. The number of aromatic nitrogens is 3. The van der Waals surface area contributed by atoms with Gasteiger partial charge in [0.15, 0.2) is 0 Å². The molecular weight excluding hydrogens is 244 g/mol. The molecule has 96 valence electrons. The van der Waals surface area contributed by atoms with Gasteiger partial charge in [0.2, 0.25) is 5.82 Å². The molecule has 0 aliphatic heterocycles. The minimum absolute atomic E-state index is 0.0449. The zero-order valence-electron chi connectivity index (χ0n) is 10.0. The second-order valence-corrected chi connectivity index (χ2v) is 4.12. The summed E-state index contributed by atoms with van der Waals surface area (Å²) in [7, 11) is 0. The van der Waals surface area contributed by atoms with Crippen LogP contribution in [0.5, 0.6) is 0 Å². The molecule has 0 fully saturated rings. The molecule has 3 rings (SSSR count). The van der Waals surface area contributed by atoms with Crippen molar-refractivity contribution in [3.05, 3.63) is 42.4 Å². The van der Waals surface area contributed by atoms with Gasteiger partial charge in [0.25, 0.3) is 5.89 Å². The number of benzene rings is 1. The van der Waals surface area contributed by atoms with Crippen LogP contribution >= 0.6 is 0 Å². The molecule has 0 aliphatic rings. The summed E-state index contributed by atoms with van der Waals surface area (Å²) in [6, 6.07) is 9.50. The van der Waals surface area contributed by atoms with Gasteiger partial charge in [-0.15, -0.1) is 0 Å². The van der Waals surface area contributed by atoms with Crippen LogP contribution in [0.1, 0.15) is 12.0 Å². The van der Waals surface area contributed by atoms with Crippen LogP contribution in [-0.4, -0.2) is 26.8 Å². The number of hydrogen-bond donors (Lipinski definition) is 2. The Kier molecular flexibility index (Phi) is 2.94. The lowest BCUT2D eigenvalue weighted by Crippen LogP contribution is -2.11. The van der Waals surface area contributed by atoms with Crippen molar-refractivity contribution in [1.29, 1.82) is 0 Å². The predicted molar refractivity (Wildman–Crippen MR) is 69.0 cm³/mol. The average Bonchev–Trinajstić information content (AvgIpc) is 2.95. The van der Waals surface area contributed by atoms with Gasteiger partial charge < -0.3 is 15.4 Å². The van der Waals surface area contributed by atoms with Crippen LogP contribution in [0, 0.1) is 0 Å². The van der Waals surface area contributed by atoms with Gasteiger partial charge in [0, 0.05) is 23.7 Å². The highest BCUT2D eigenvalue weighted by Crippen LogP contribution is 2.22. The molecule has 0 amide bonds. The Balaban J connectivity index is 2.01. The van der Waals surface area contributed by atoms with Crippen LogP contribution in [-0.2, 0) is 0 Å². The molecule has 2 heterocycles. The first-order valence-electron chi connectivity index (χ1n) is 5.85. The minimum atomic E-state index is -0.927. The van der Waals surface area contributed by atoms with Crippen molar-refractivity contribution >= 4 is 10.9 Å². The predicted octanol–water partition coefficient (Wildman–Crippen LogP) is 1.28. The average molecular weight is 256 g/mol. The minimum Gasteiger partial charge on any atom is -0.382 e. The fourth-order valence-corrected chi connectivity index (χ4v) is 1.80. The normalized spacial score (nSPS) is 12.7. The van der Waals surface area contributed by atoms with Crippen LogP contribution in [0.25, 0.3) is 22.3 Å². The molecule has 0 spiro atoms. The number of fused-ring (bicyclic) bond motifs is 1. The van der Waals surface area contributed by atoms with E-state index < -0.39 is 6.10 Å². The molecule has 0 aliphatic carbocycles. The quantitative estimate of drug-likeness (QED) is 0.732. The monoisotopic (exact) mass is 256 g/mol. The molecule has 6 heteroatoms. The summed E-state index contributed by atoms with van der Waals surface area (Å²) in [6.07, 6.45) is 0.815. The van der Waals surface area contributed by atoms with E-state index in [0.29, 0.717) is 5.82 Å². The molecule has 6 nitrogen and oxygen atoms in total. The van der Waals surface area contributed by atoms with E-state index in [1.807, 2.05) is 30.3 Å². The zero-order chi connectivity index (χ0) is 13.2. The van der Waals surface area contributed by atoms with Gasteiger partial charge in [-0.2, -0.15) is 4.98 Å². The summed E-state index contributed by atoms with van der Waals surface area (Å²) in [5.41, 5.74) is 7.05. The molecule has 3 N–H and O–H groups in total. The van der Waals surface area contributed by atoms with Gasteiger partial charge in [-0.1, -0.05) is 11.2 Å². The Morgan fingerprint density at radius 1 is 1.32 bits per heavy atom. The van der Waals surface area contributed by atoms with Crippen LogP contribution in [0.2, 0.25) is 0 Å². The fourth-order valence-electron chi connectivity index (χ4n) is 1.80. The van der Waals surface area contributed by atoms with Crippen LogP contribution in [0.4, 0.5) is 0 Å². The first-order valence-corrected chi connectivity index (χ1v) is 5.85. The van der Waals surface area contributed by atoms with Crippen LogP contribution in [0.3, 0.4) is 0 Å². The molecule has 2 aromatic heterocycles. The molecule has 19 heavy (non-hydrogen) atoms. The lowest BCUT2D eigenvalue weighted by Gasteiger charge is -1.99.